The summed E-state index contributed by atoms with van der Waals surface area (Å²) in [6.07, 6.45) is 0.428. The molecule has 0 radical (unpaired) electrons. The molecule has 3 N–H and O–H groups in total. The molecule has 0 aromatic heterocycles. The lowest BCUT2D eigenvalue weighted by molar-refractivity contribution is -0.119. The number of halogens is 1. The van der Waals surface area contributed by atoms with Crippen LogP contribution in [0.15, 0.2) is 0 Å². The number of hydrogen-bond donors (Lipinski definition) is 2. The van der Waals surface area contributed by atoms with E-state index in [2.05, 4.69) is 5.32 Å². The topological polar surface area (TPSA) is 55.1 Å². The van der Waals surface area contributed by atoms with Crippen molar-refractivity contribution in [2.24, 2.45) is 5.73 Å². The first-order valence-corrected chi connectivity index (χ1v) is 3.27. The number of primary amides is 1. The van der Waals surface area contributed by atoms with E-state index in [1.54, 1.807) is 6.92 Å². The second kappa shape index (κ2) is 5.17. The number of nitrogens with one attached hydrogen (secondary N) is 1. The first-order valence-electron chi connectivity index (χ1n) is 3.27. The average Bonchev–Trinajstić information content (AvgIpc) is 1.88. The van der Waals surface area contributed by atoms with Gasteiger partial charge in [-0.05, 0) is 19.9 Å². The minimum absolute atomic E-state index is 0.355. The van der Waals surface area contributed by atoms with Crippen molar-refractivity contribution in [2.45, 2.75) is 19.4 Å². The molecule has 0 saturated heterocycles. The van der Waals surface area contributed by atoms with Gasteiger partial charge in [-0.15, -0.1) is 0 Å². The van der Waals surface area contributed by atoms with Crippen LogP contribution < -0.4 is 11.1 Å². The maximum atomic E-state index is 11.5. The lowest BCUT2D eigenvalue weighted by Gasteiger charge is -2.07. The Kier molecular flexibility index (Phi) is 4.84. The van der Waals surface area contributed by atoms with E-state index in [4.69, 9.17) is 5.73 Å². The Bertz CT molecular complexity index is 108. The zero-order chi connectivity index (χ0) is 7.98. The van der Waals surface area contributed by atoms with Gasteiger partial charge in [0.25, 0.3) is 0 Å². The summed E-state index contributed by atoms with van der Waals surface area (Å²) in [5.41, 5.74) is 4.92. The van der Waals surface area contributed by atoms with Crippen molar-refractivity contribution < 1.29 is 9.18 Å². The first kappa shape index (κ1) is 9.36. The van der Waals surface area contributed by atoms with Crippen molar-refractivity contribution in [3.05, 3.63) is 0 Å². The molecular formula is C6H13FN2O. The molecule has 0 saturated carbocycles. The highest BCUT2D eigenvalue weighted by Crippen LogP contribution is 1.81. The Morgan fingerprint density at radius 1 is 1.80 bits per heavy atom. The van der Waals surface area contributed by atoms with Crippen LogP contribution in [0.3, 0.4) is 0 Å². The van der Waals surface area contributed by atoms with Gasteiger partial charge in [-0.25, -0.2) is 0 Å². The second-order valence-corrected chi connectivity index (χ2v) is 2.12. The Hall–Kier alpha value is -0.640. The van der Waals surface area contributed by atoms with Gasteiger partial charge >= 0.3 is 0 Å². The monoisotopic (exact) mass is 148 g/mol. The van der Waals surface area contributed by atoms with Crippen LogP contribution in [-0.2, 0) is 4.79 Å². The lowest BCUT2D eigenvalue weighted by atomic mass is 10.3. The summed E-state index contributed by atoms with van der Waals surface area (Å²) in [5, 5.41) is 2.77. The number of nitrogens with two attached hydrogens (primary N) is 1. The molecule has 1 unspecified atom stereocenters. The molecule has 60 valence electrons. The van der Waals surface area contributed by atoms with Gasteiger partial charge in [0.15, 0.2) is 0 Å². The van der Waals surface area contributed by atoms with E-state index in [9.17, 15) is 9.18 Å². The number of hydrogen-bond acceptors (Lipinski definition) is 2. The number of rotatable bonds is 5. The van der Waals surface area contributed by atoms with E-state index < -0.39 is 5.91 Å². The Morgan fingerprint density at radius 3 is 2.80 bits per heavy atom. The fourth-order valence-corrected chi connectivity index (χ4v) is 0.486. The third-order valence-electron chi connectivity index (χ3n) is 1.19. The lowest BCUT2D eigenvalue weighted by Crippen LogP contribution is -2.39. The van der Waals surface area contributed by atoms with E-state index in [0.29, 0.717) is 13.0 Å². The van der Waals surface area contributed by atoms with E-state index in [-0.39, 0.29) is 12.7 Å². The standard InChI is InChI=1S/C6H13FN2O/c1-5(6(8)10)9-4-2-3-7/h5,9H,2-4H2,1H3,(H2,8,10). The zero-order valence-electron chi connectivity index (χ0n) is 6.06. The summed E-state index contributed by atoms with van der Waals surface area (Å²) < 4.78 is 11.5. The van der Waals surface area contributed by atoms with E-state index in [0.717, 1.165) is 0 Å². The normalized spacial score (nSPS) is 13.0. The molecule has 3 nitrogen and oxygen atoms in total. The van der Waals surface area contributed by atoms with E-state index in [1.165, 1.54) is 0 Å². The van der Waals surface area contributed by atoms with Gasteiger partial charge in [-0.1, -0.05) is 0 Å². The largest absolute Gasteiger partial charge is 0.368 e. The predicted octanol–water partition coefficient (Wildman–Crippen LogP) is -0.191. The summed E-state index contributed by atoms with van der Waals surface area (Å²) in [4.78, 5) is 10.4. The highest BCUT2D eigenvalue weighted by Gasteiger charge is 2.05. The van der Waals surface area contributed by atoms with Crippen molar-refractivity contribution in [1.29, 1.82) is 0 Å². The van der Waals surface area contributed by atoms with Crippen molar-refractivity contribution in [3.63, 3.8) is 0 Å². The van der Waals surface area contributed by atoms with Gasteiger partial charge in [0, 0.05) is 0 Å². The first-order chi connectivity index (χ1) is 4.68. The molecule has 0 fully saturated rings. The molecule has 0 aliphatic rings. The third-order valence-corrected chi connectivity index (χ3v) is 1.19. The molecule has 0 aromatic carbocycles. The highest BCUT2D eigenvalue weighted by molar-refractivity contribution is 5.79. The van der Waals surface area contributed by atoms with Gasteiger partial charge in [-0.3, -0.25) is 9.18 Å². The van der Waals surface area contributed by atoms with Crippen molar-refractivity contribution in [3.8, 4) is 0 Å². The van der Waals surface area contributed by atoms with Crippen LogP contribution in [0, 0.1) is 0 Å². The molecular weight excluding hydrogens is 135 g/mol. The van der Waals surface area contributed by atoms with Crippen LogP contribution in [0.4, 0.5) is 4.39 Å². The Labute approximate surface area is 59.8 Å². The zero-order valence-corrected chi connectivity index (χ0v) is 6.06. The maximum absolute atomic E-state index is 11.5. The molecule has 1 amide bonds. The summed E-state index contributed by atoms with van der Waals surface area (Å²) >= 11 is 0. The third kappa shape index (κ3) is 4.26. The molecule has 0 heterocycles. The van der Waals surface area contributed by atoms with Crippen molar-refractivity contribution in [1.82, 2.24) is 5.32 Å². The molecule has 10 heavy (non-hydrogen) atoms. The number of carbonyl (C=O) groups excluding carboxylic acids is 1. The number of amides is 1. The summed E-state index contributed by atoms with van der Waals surface area (Å²) in [7, 11) is 0. The van der Waals surface area contributed by atoms with Crippen LogP contribution in [0.25, 0.3) is 0 Å². The summed E-state index contributed by atoms with van der Waals surface area (Å²) in [6, 6.07) is -0.355. The van der Waals surface area contributed by atoms with Gasteiger partial charge in [0.2, 0.25) is 5.91 Å². The summed E-state index contributed by atoms with van der Waals surface area (Å²) in [6.45, 7) is 1.79. The van der Waals surface area contributed by atoms with Crippen molar-refractivity contribution in [2.75, 3.05) is 13.2 Å². The SMILES string of the molecule is CC(NCCCF)C(N)=O. The summed E-state index contributed by atoms with van der Waals surface area (Å²) in [5.74, 6) is -0.404. The Morgan fingerprint density at radius 2 is 2.40 bits per heavy atom. The number of alkyl halides is 1. The minimum atomic E-state index is -0.404. The van der Waals surface area contributed by atoms with Crippen LogP contribution in [0.5, 0.6) is 0 Å². The van der Waals surface area contributed by atoms with E-state index in [1.807, 2.05) is 0 Å². The molecule has 0 aliphatic heterocycles. The maximum Gasteiger partial charge on any atom is 0.234 e. The second-order valence-electron chi connectivity index (χ2n) is 2.12. The van der Waals surface area contributed by atoms with Gasteiger partial charge in [-0.2, -0.15) is 0 Å². The molecule has 0 spiro atoms. The number of carbonyl (C=O) groups is 1. The fraction of sp³-hybridized carbons (Fsp3) is 0.833. The van der Waals surface area contributed by atoms with E-state index >= 15 is 0 Å². The highest BCUT2D eigenvalue weighted by atomic mass is 19.1. The van der Waals surface area contributed by atoms with Crippen LogP contribution in [-0.4, -0.2) is 25.2 Å². The van der Waals surface area contributed by atoms with Crippen LogP contribution in [0.1, 0.15) is 13.3 Å². The Balaban J connectivity index is 3.21. The van der Waals surface area contributed by atoms with Crippen LogP contribution >= 0.6 is 0 Å². The molecule has 1 atom stereocenters. The fourth-order valence-electron chi connectivity index (χ4n) is 0.486. The van der Waals surface area contributed by atoms with Gasteiger partial charge < -0.3 is 11.1 Å². The quantitative estimate of drug-likeness (QED) is 0.531. The van der Waals surface area contributed by atoms with Crippen LogP contribution in [0.2, 0.25) is 0 Å². The predicted molar refractivity (Wildman–Crippen MR) is 37.3 cm³/mol. The van der Waals surface area contributed by atoms with Gasteiger partial charge in [0.1, 0.15) is 0 Å². The average molecular weight is 148 g/mol. The molecule has 0 aliphatic carbocycles. The molecule has 4 heteroatoms. The molecule has 0 aromatic rings. The van der Waals surface area contributed by atoms with Crippen molar-refractivity contribution >= 4 is 5.91 Å². The molecule has 0 bridgehead atoms. The van der Waals surface area contributed by atoms with Gasteiger partial charge in [0.05, 0.1) is 12.7 Å². The minimum Gasteiger partial charge on any atom is -0.368 e. The molecule has 0 rings (SSSR count). The smallest absolute Gasteiger partial charge is 0.234 e.